The van der Waals surface area contributed by atoms with Crippen molar-refractivity contribution in [3.8, 4) is 10.6 Å². The number of rotatable bonds is 7. The number of aromatic nitrogens is 1. The first kappa shape index (κ1) is 18.3. The van der Waals surface area contributed by atoms with E-state index in [1.54, 1.807) is 11.3 Å². The van der Waals surface area contributed by atoms with Gasteiger partial charge < -0.3 is 5.32 Å². The third-order valence-electron chi connectivity index (χ3n) is 4.13. The van der Waals surface area contributed by atoms with Crippen LogP contribution in [0.25, 0.3) is 10.6 Å². The molecule has 0 spiro atoms. The number of hydrogen-bond donors (Lipinski definition) is 1. The third-order valence-corrected chi connectivity index (χ3v) is 5.07. The van der Waals surface area contributed by atoms with E-state index in [9.17, 15) is 4.79 Å². The second-order valence-corrected chi connectivity index (χ2v) is 7.19. The molecule has 0 bridgehead atoms. The summed E-state index contributed by atoms with van der Waals surface area (Å²) >= 11 is 1.64. The number of nitrogens with zero attached hydrogens (tertiary/aromatic N) is 2. The van der Waals surface area contributed by atoms with Crippen LogP contribution in [0.15, 0.2) is 66.0 Å². The molecule has 2 aromatic carbocycles. The Hall–Kier alpha value is -2.50. The van der Waals surface area contributed by atoms with Crippen molar-refractivity contribution in [2.75, 3.05) is 20.6 Å². The Labute approximate surface area is 158 Å². The van der Waals surface area contributed by atoms with E-state index in [0.29, 0.717) is 6.54 Å². The van der Waals surface area contributed by atoms with Gasteiger partial charge in [-0.25, -0.2) is 4.98 Å². The highest BCUT2D eigenvalue weighted by atomic mass is 32.1. The minimum atomic E-state index is -0.286. The lowest BCUT2D eigenvalue weighted by Gasteiger charge is -2.23. The van der Waals surface area contributed by atoms with Crippen molar-refractivity contribution in [2.45, 2.75) is 12.5 Å². The zero-order valence-corrected chi connectivity index (χ0v) is 15.9. The molecule has 5 heteroatoms. The zero-order valence-electron chi connectivity index (χ0n) is 15.1. The number of amides is 1. The quantitative estimate of drug-likeness (QED) is 0.693. The Morgan fingerprint density at radius 3 is 2.38 bits per heavy atom. The van der Waals surface area contributed by atoms with Crippen LogP contribution in [0.5, 0.6) is 0 Å². The molecule has 1 aromatic heterocycles. The fourth-order valence-corrected chi connectivity index (χ4v) is 3.73. The Morgan fingerprint density at radius 1 is 1.08 bits per heavy atom. The Balaban J connectivity index is 1.57. The summed E-state index contributed by atoms with van der Waals surface area (Å²) in [4.78, 5) is 19.2. The summed E-state index contributed by atoms with van der Waals surface area (Å²) in [6, 6.07) is 19.7. The Kier molecular flexibility index (Phi) is 6.15. The highest BCUT2D eigenvalue weighted by Gasteiger charge is 2.22. The smallest absolute Gasteiger partial charge is 0.241 e. The maximum Gasteiger partial charge on any atom is 0.241 e. The highest BCUT2D eigenvalue weighted by molar-refractivity contribution is 7.13. The highest BCUT2D eigenvalue weighted by Crippen LogP contribution is 2.23. The van der Waals surface area contributed by atoms with Crippen LogP contribution >= 0.6 is 11.3 Å². The Morgan fingerprint density at radius 2 is 1.73 bits per heavy atom. The molecule has 0 aliphatic heterocycles. The van der Waals surface area contributed by atoms with Crippen LogP contribution in [-0.2, 0) is 11.2 Å². The lowest BCUT2D eigenvalue weighted by Crippen LogP contribution is -2.37. The van der Waals surface area contributed by atoms with E-state index >= 15 is 0 Å². The summed E-state index contributed by atoms with van der Waals surface area (Å²) in [5.74, 6) is 0.0136. The van der Waals surface area contributed by atoms with E-state index in [2.05, 4.69) is 27.8 Å². The SMILES string of the molecule is CN(C)C(C(=O)NCCc1csc(-c2ccccc2)n1)c1ccccc1. The third kappa shape index (κ3) is 4.56. The summed E-state index contributed by atoms with van der Waals surface area (Å²) in [5, 5.41) is 6.12. The van der Waals surface area contributed by atoms with Gasteiger partial charge >= 0.3 is 0 Å². The van der Waals surface area contributed by atoms with Crippen molar-refractivity contribution in [3.63, 3.8) is 0 Å². The van der Waals surface area contributed by atoms with Gasteiger partial charge in [0.2, 0.25) is 5.91 Å². The molecule has 0 fully saturated rings. The zero-order chi connectivity index (χ0) is 18.4. The van der Waals surface area contributed by atoms with E-state index in [0.717, 1.165) is 28.2 Å². The summed E-state index contributed by atoms with van der Waals surface area (Å²) in [5.41, 5.74) is 3.13. The number of thiazole rings is 1. The predicted molar refractivity (Wildman–Crippen MR) is 107 cm³/mol. The van der Waals surface area contributed by atoms with Crippen molar-refractivity contribution in [1.29, 1.82) is 0 Å². The fraction of sp³-hybridized carbons (Fsp3) is 0.238. The average Bonchev–Trinajstić information content (AvgIpc) is 3.12. The molecule has 26 heavy (non-hydrogen) atoms. The molecule has 0 aliphatic rings. The minimum absolute atomic E-state index is 0.0136. The van der Waals surface area contributed by atoms with E-state index in [-0.39, 0.29) is 11.9 Å². The molecule has 4 nitrogen and oxygen atoms in total. The molecule has 0 radical (unpaired) electrons. The van der Waals surface area contributed by atoms with Gasteiger partial charge in [0.15, 0.2) is 0 Å². The summed E-state index contributed by atoms with van der Waals surface area (Å²) < 4.78 is 0. The topological polar surface area (TPSA) is 45.2 Å². The molecular formula is C21H23N3OS. The van der Waals surface area contributed by atoms with Crippen molar-refractivity contribution < 1.29 is 4.79 Å². The normalized spacial score (nSPS) is 12.1. The lowest BCUT2D eigenvalue weighted by atomic mass is 10.1. The van der Waals surface area contributed by atoms with Gasteiger partial charge in [0, 0.05) is 23.9 Å². The van der Waals surface area contributed by atoms with Gasteiger partial charge in [0.05, 0.1) is 5.69 Å². The number of hydrogen-bond acceptors (Lipinski definition) is 4. The minimum Gasteiger partial charge on any atom is -0.354 e. The first-order valence-corrected chi connectivity index (χ1v) is 9.52. The molecule has 3 aromatic rings. The van der Waals surface area contributed by atoms with Crippen molar-refractivity contribution in [2.24, 2.45) is 0 Å². The maximum atomic E-state index is 12.6. The van der Waals surface area contributed by atoms with Crippen LogP contribution < -0.4 is 5.32 Å². The Bertz CT molecular complexity index is 831. The van der Waals surface area contributed by atoms with Crippen LogP contribution in [0.3, 0.4) is 0 Å². The van der Waals surface area contributed by atoms with Crippen molar-refractivity contribution in [1.82, 2.24) is 15.2 Å². The van der Waals surface area contributed by atoms with Gasteiger partial charge in [-0.05, 0) is 19.7 Å². The van der Waals surface area contributed by atoms with Gasteiger partial charge in [-0.15, -0.1) is 11.3 Å². The molecular weight excluding hydrogens is 342 g/mol. The molecule has 0 saturated carbocycles. The molecule has 134 valence electrons. The fourth-order valence-electron chi connectivity index (χ4n) is 2.86. The molecule has 1 N–H and O–H groups in total. The average molecular weight is 366 g/mol. The summed E-state index contributed by atoms with van der Waals surface area (Å²) in [7, 11) is 3.84. The van der Waals surface area contributed by atoms with Gasteiger partial charge in [0.1, 0.15) is 11.0 Å². The van der Waals surface area contributed by atoms with Crippen LogP contribution in [0, 0.1) is 0 Å². The number of nitrogens with one attached hydrogen (secondary N) is 1. The van der Waals surface area contributed by atoms with Crippen molar-refractivity contribution >= 4 is 17.2 Å². The number of likely N-dealkylation sites (N-methyl/N-ethyl adjacent to an activating group) is 1. The van der Waals surface area contributed by atoms with Crippen LogP contribution in [0.4, 0.5) is 0 Å². The van der Waals surface area contributed by atoms with E-state index in [1.165, 1.54) is 0 Å². The summed E-state index contributed by atoms with van der Waals surface area (Å²) in [6.45, 7) is 0.577. The van der Waals surface area contributed by atoms with E-state index in [4.69, 9.17) is 0 Å². The van der Waals surface area contributed by atoms with Crippen LogP contribution in [-0.4, -0.2) is 36.4 Å². The van der Waals surface area contributed by atoms with E-state index in [1.807, 2.05) is 67.5 Å². The molecule has 1 amide bonds. The van der Waals surface area contributed by atoms with E-state index < -0.39 is 0 Å². The standard InChI is InChI=1S/C21H23N3OS/c1-24(2)19(16-9-5-3-6-10-16)20(25)22-14-13-18-15-26-21(23-18)17-11-7-4-8-12-17/h3-12,15,19H,13-14H2,1-2H3,(H,22,25). The number of carbonyl (C=O) groups is 1. The molecule has 1 atom stereocenters. The molecule has 1 unspecified atom stereocenters. The second-order valence-electron chi connectivity index (χ2n) is 6.33. The van der Waals surface area contributed by atoms with Gasteiger partial charge in [-0.2, -0.15) is 0 Å². The van der Waals surface area contributed by atoms with Gasteiger partial charge in [-0.1, -0.05) is 60.7 Å². The lowest BCUT2D eigenvalue weighted by molar-refractivity contribution is -0.125. The number of carbonyl (C=O) groups excluding carboxylic acids is 1. The number of benzene rings is 2. The van der Waals surface area contributed by atoms with Gasteiger partial charge in [0.25, 0.3) is 0 Å². The van der Waals surface area contributed by atoms with Gasteiger partial charge in [-0.3, -0.25) is 9.69 Å². The first-order valence-electron chi connectivity index (χ1n) is 8.64. The summed E-state index contributed by atoms with van der Waals surface area (Å²) in [6.07, 6.45) is 0.726. The predicted octanol–water partition coefficient (Wildman–Crippen LogP) is 3.77. The van der Waals surface area contributed by atoms with Crippen molar-refractivity contribution in [3.05, 3.63) is 77.3 Å². The maximum absolute atomic E-state index is 12.6. The molecule has 3 rings (SSSR count). The monoisotopic (exact) mass is 365 g/mol. The first-order chi connectivity index (χ1) is 12.6. The van der Waals surface area contributed by atoms with Crippen LogP contribution in [0.2, 0.25) is 0 Å². The molecule has 1 heterocycles. The van der Waals surface area contributed by atoms with Crippen LogP contribution in [0.1, 0.15) is 17.3 Å². The molecule has 0 saturated heterocycles. The second kappa shape index (κ2) is 8.74. The molecule has 0 aliphatic carbocycles. The largest absolute Gasteiger partial charge is 0.354 e.